The maximum absolute atomic E-state index is 12.5. The van der Waals surface area contributed by atoms with Gasteiger partial charge in [0.05, 0.1) is 0 Å². The number of nitrogens with zero attached hydrogens (tertiary/aromatic N) is 2. The van der Waals surface area contributed by atoms with Crippen molar-refractivity contribution in [2.45, 2.75) is 33.1 Å². The van der Waals surface area contributed by atoms with Gasteiger partial charge in [0.15, 0.2) is 0 Å². The highest BCUT2D eigenvalue weighted by Crippen LogP contribution is 2.21. The summed E-state index contributed by atoms with van der Waals surface area (Å²) in [5.74, 6) is -0.0452. The van der Waals surface area contributed by atoms with Crippen molar-refractivity contribution in [2.24, 2.45) is 0 Å². The number of para-hydroxylation sites is 2. The summed E-state index contributed by atoms with van der Waals surface area (Å²) in [6.07, 6.45) is 1.33. The molecule has 0 spiro atoms. The van der Waals surface area contributed by atoms with E-state index >= 15 is 0 Å². The topological polar surface area (TPSA) is 52.7 Å². The largest absolute Gasteiger partial charge is 0.368 e. The van der Waals surface area contributed by atoms with Gasteiger partial charge in [0.1, 0.15) is 0 Å². The quantitative estimate of drug-likeness (QED) is 0.834. The number of carbonyl (C=O) groups excluding carboxylic acids is 2. The van der Waals surface area contributed by atoms with Crippen molar-refractivity contribution in [2.75, 3.05) is 36.4 Å². The Morgan fingerprint density at radius 1 is 0.929 bits per heavy atom. The zero-order valence-corrected chi connectivity index (χ0v) is 16.8. The van der Waals surface area contributed by atoms with E-state index in [1.165, 1.54) is 11.3 Å². The Kier molecular flexibility index (Phi) is 6.69. The molecule has 1 aliphatic heterocycles. The number of hydrogen-bond acceptors (Lipinski definition) is 3. The van der Waals surface area contributed by atoms with Gasteiger partial charge in [0, 0.05) is 50.4 Å². The number of amides is 2. The summed E-state index contributed by atoms with van der Waals surface area (Å²) in [6.45, 7) is 7.23. The summed E-state index contributed by atoms with van der Waals surface area (Å²) in [5.41, 5.74) is 4.44. The summed E-state index contributed by atoms with van der Waals surface area (Å²) >= 11 is 0. The zero-order chi connectivity index (χ0) is 19.9. The molecule has 2 aromatic rings. The molecule has 0 aromatic heterocycles. The second kappa shape index (κ2) is 9.40. The number of hydrogen-bond donors (Lipinski definition) is 1. The van der Waals surface area contributed by atoms with Crippen molar-refractivity contribution in [3.63, 3.8) is 0 Å². The van der Waals surface area contributed by atoms with Crippen molar-refractivity contribution in [3.8, 4) is 0 Å². The Morgan fingerprint density at radius 2 is 1.61 bits per heavy atom. The second-order valence-electron chi connectivity index (χ2n) is 7.21. The van der Waals surface area contributed by atoms with Gasteiger partial charge >= 0.3 is 0 Å². The first-order valence-corrected chi connectivity index (χ1v) is 10.0. The lowest BCUT2D eigenvalue weighted by Gasteiger charge is -2.36. The van der Waals surface area contributed by atoms with Crippen LogP contribution in [0.4, 0.5) is 11.4 Å². The van der Waals surface area contributed by atoms with E-state index in [-0.39, 0.29) is 24.7 Å². The molecule has 0 saturated carbocycles. The van der Waals surface area contributed by atoms with E-state index in [0.29, 0.717) is 13.1 Å². The minimum atomic E-state index is -0.104. The van der Waals surface area contributed by atoms with Crippen molar-refractivity contribution in [3.05, 3.63) is 59.7 Å². The molecule has 1 saturated heterocycles. The fourth-order valence-corrected chi connectivity index (χ4v) is 3.66. The van der Waals surface area contributed by atoms with Crippen LogP contribution < -0.4 is 10.2 Å². The number of rotatable bonds is 6. The van der Waals surface area contributed by atoms with Crippen LogP contribution in [0, 0.1) is 6.92 Å². The number of benzene rings is 2. The Hall–Kier alpha value is -2.82. The number of piperazine rings is 1. The van der Waals surface area contributed by atoms with Gasteiger partial charge in [0.25, 0.3) is 0 Å². The molecule has 2 aromatic carbocycles. The van der Waals surface area contributed by atoms with Gasteiger partial charge in [-0.15, -0.1) is 0 Å². The van der Waals surface area contributed by atoms with Gasteiger partial charge in [-0.25, -0.2) is 0 Å². The smallest absolute Gasteiger partial charge is 0.224 e. The monoisotopic (exact) mass is 379 g/mol. The number of aryl methyl sites for hydroxylation is 2. The summed E-state index contributed by atoms with van der Waals surface area (Å²) < 4.78 is 0. The van der Waals surface area contributed by atoms with Gasteiger partial charge in [-0.3, -0.25) is 9.59 Å². The Balaban J connectivity index is 1.46. The van der Waals surface area contributed by atoms with Gasteiger partial charge < -0.3 is 15.1 Å². The Bertz CT molecular complexity index is 826. The molecular formula is C23H29N3O2. The van der Waals surface area contributed by atoms with Crippen LogP contribution in [0.1, 0.15) is 30.9 Å². The predicted molar refractivity (Wildman–Crippen MR) is 114 cm³/mol. The third-order valence-electron chi connectivity index (χ3n) is 5.33. The molecule has 0 bridgehead atoms. The van der Waals surface area contributed by atoms with Crippen molar-refractivity contribution >= 4 is 23.2 Å². The van der Waals surface area contributed by atoms with Gasteiger partial charge in [0.2, 0.25) is 11.8 Å². The van der Waals surface area contributed by atoms with E-state index in [9.17, 15) is 9.59 Å². The molecule has 0 atom stereocenters. The molecule has 2 amide bonds. The summed E-state index contributed by atoms with van der Waals surface area (Å²) in [6, 6.07) is 16.1. The lowest BCUT2D eigenvalue weighted by molar-refractivity contribution is -0.133. The van der Waals surface area contributed by atoms with E-state index < -0.39 is 0 Å². The number of carbonyl (C=O) groups is 2. The lowest BCUT2D eigenvalue weighted by Crippen LogP contribution is -2.49. The van der Waals surface area contributed by atoms with E-state index in [2.05, 4.69) is 42.3 Å². The normalized spacial score (nSPS) is 14.1. The van der Waals surface area contributed by atoms with E-state index in [1.54, 1.807) is 0 Å². The maximum atomic E-state index is 12.5. The molecule has 5 nitrogen and oxygen atoms in total. The molecule has 1 N–H and O–H groups in total. The SMILES string of the molecule is CCc1ccccc1NC(=O)CCC(=O)N1CCN(c2ccccc2C)CC1. The molecule has 0 aliphatic carbocycles. The minimum Gasteiger partial charge on any atom is -0.368 e. The van der Waals surface area contributed by atoms with Gasteiger partial charge in [-0.2, -0.15) is 0 Å². The van der Waals surface area contributed by atoms with Crippen molar-refractivity contribution < 1.29 is 9.59 Å². The first-order chi connectivity index (χ1) is 13.6. The van der Waals surface area contributed by atoms with Gasteiger partial charge in [-0.05, 0) is 36.6 Å². The van der Waals surface area contributed by atoms with Crippen LogP contribution in [0.5, 0.6) is 0 Å². The highest BCUT2D eigenvalue weighted by molar-refractivity contribution is 5.93. The van der Waals surface area contributed by atoms with Crippen molar-refractivity contribution in [1.82, 2.24) is 4.90 Å². The first kappa shape index (κ1) is 19.9. The molecule has 1 aliphatic rings. The van der Waals surface area contributed by atoms with Crippen LogP contribution in [0.15, 0.2) is 48.5 Å². The third-order valence-corrected chi connectivity index (χ3v) is 5.33. The number of nitrogens with one attached hydrogen (secondary N) is 1. The molecule has 0 unspecified atom stereocenters. The molecule has 3 rings (SSSR count). The summed E-state index contributed by atoms with van der Waals surface area (Å²) in [4.78, 5) is 29.0. The highest BCUT2D eigenvalue weighted by atomic mass is 16.2. The van der Waals surface area contributed by atoms with Crippen LogP contribution in [0.2, 0.25) is 0 Å². The lowest BCUT2D eigenvalue weighted by atomic mass is 10.1. The minimum absolute atomic E-state index is 0.0587. The van der Waals surface area contributed by atoms with E-state index in [0.717, 1.165) is 30.8 Å². The molecule has 1 heterocycles. The molecular weight excluding hydrogens is 350 g/mol. The van der Waals surface area contributed by atoms with Crippen LogP contribution in [-0.4, -0.2) is 42.9 Å². The standard InChI is InChI=1S/C23H29N3O2/c1-3-19-9-5-6-10-20(19)24-22(27)12-13-23(28)26-16-14-25(15-17-26)21-11-7-4-8-18(21)2/h4-11H,3,12-17H2,1-2H3,(H,24,27). The van der Waals surface area contributed by atoms with Crippen LogP contribution in [0.3, 0.4) is 0 Å². The molecule has 1 fully saturated rings. The summed E-state index contributed by atoms with van der Waals surface area (Å²) in [7, 11) is 0. The van der Waals surface area contributed by atoms with Gasteiger partial charge in [-0.1, -0.05) is 43.3 Å². The Labute approximate surface area is 167 Å². The molecule has 148 valence electrons. The third kappa shape index (κ3) is 4.91. The predicted octanol–water partition coefficient (Wildman–Crippen LogP) is 3.62. The van der Waals surface area contributed by atoms with Crippen LogP contribution >= 0.6 is 0 Å². The number of anilines is 2. The van der Waals surface area contributed by atoms with Crippen LogP contribution in [-0.2, 0) is 16.0 Å². The fourth-order valence-electron chi connectivity index (χ4n) is 3.66. The average molecular weight is 380 g/mol. The maximum Gasteiger partial charge on any atom is 0.224 e. The van der Waals surface area contributed by atoms with E-state index in [1.807, 2.05) is 35.2 Å². The summed E-state index contributed by atoms with van der Waals surface area (Å²) in [5, 5.41) is 2.94. The molecule has 28 heavy (non-hydrogen) atoms. The fraction of sp³-hybridized carbons (Fsp3) is 0.391. The zero-order valence-electron chi connectivity index (χ0n) is 16.8. The molecule has 0 radical (unpaired) electrons. The van der Waals surface area contributed by atoms with Crippen molar-refractivity contribution in [1.29, 1.82) is 0 Å². The highest BCUT2D eigenvalue weighted by Gasteiger charge is 2.22. The first-order valence-electron chi connectivity index (χ1n) is 10.0. The average Bonchev–Trinajstić information content (AvgIpc) is 2.73. The van der Waals surface area contributed by atoms with Crippen LogP contribution in [0.25, 0.3) is 0 Å². The molecule has 5 heteroatoms. The van der Waals surface area contributed by atoms with E-state index in [4.69, 9.17) is 0 Å². The Morgan fingerprint density at radius 3 is 2.32 bits per heavy atom. The second-order valence-corrected chi connectivity index (χ2v) is 7.21.